The van der Waals surface area contributed by atoms with Gasteiger partial charge in [-0.25, -0.2) is 0 Å². The fourth-order valence-corrected chi connectivity index (χ4v) is 1.82. The molecule has 0 radical (unpaired) electrons. The maximum Gasteiger partial charge on any atom is 0.0352 e. The zero-order chi connectivity index (χ0) is 9.52. The van der Waals surface area contributed by atoms with Crippen LogP contribution >= 0.6 is 11.8 Å². The molecular formula is C9H11N3S. The fourth-order valence-electron chi connectivity index (χ4n) is 0.960. The summed E-state index contributed by atoms with van der Waals surface area (Å²) in [5.74, 6) is 0.842. The Morgan fingerprint density at radius 2 is 2.23 bits per heavy atom. The summed E-state index contributed by atoms with van der Waals surface area (Å²) in [5.41, 5.74) is 9.34. The second-order valence-corrected chi connectivity index (χ2v) is 3.71. The number of rotatable bonds is 4. The molecule has 0 aliphatic rings. The Labute approximate surface area is 81.8 Å². The van der Waals surface area contributed by atoms with Crippen LogP contribution < -0.4 is 0 Å². The van der Waals surface area contributed by atoms with Crippen LogP contribution in [0.2, 0.25) is 0 Å². The molecule has 3 nitrogen and oxygen atoms in total. The maximum atomic E-state index is 8.07. The minimum atomic E-state index is 0.551. The number of thioether (sulfide) groups is 1. The quantitative estimate of drug-likeness (QED) is 0.238. The molecule has 0 saturated heterocycles. The third-order valence-electron chi connectivity index (χ3n) is 1.61. The van der Waals surface area contributed by atoms with E-state index >= 15 is 0 Å². The van der Waals surface area contributed by atoms with Crippen LogP contribution in [0.4, 0.5) is 0 Å². The van der Waals surface area contributed by atoms with E-state index in [2.05, 4.69) is 29.1 Å². The number of hydrogen-bond donors (Lipinski definition) is 0. The van der Waals surface area contributed by atoms with Gasteiger partial charge in [0.15, 0.2) is 0 Å². The molecule has 4 heteroatoms. The lowest BCUT2D eigenvalue weighted by molar-refractivity contribution is 1.12. The third kappa shape index (κ3) is 3.40. The van der Waals surface area contributed by atoms with Crippen molar-refractivity contribution in [1.29, 1.82) is 0 Å². The number of benzene rings is 1. The molecule has 68 valence electrons. The lowest BCUT2D eigenvalue weighted by atomic mass is 10.2. The Balaban J connectivity index is 2.45. The van der Waals surface area contributed by atoms with E-state index in [1.807, 2.05) is 12.1 Å². The lowest BCUT2D eigenvalue weighted by Gasteiger charge is -2.02. The molecule has 0 bridgehead atoms. The summed E-state index contributed by atoms with van der Waals surface area (Å²) in [6, 6.07) is 8.20. The zero-order valence-electron chi connectivity index (χ0n) is 7.47. The average molecular weight is 193 g/mol. The topological polar surface area (TPSA) is 48.8 Å². The van der Waals surface area contributed by atoms with Gasteiger partial charge in [0.25, 0.3) is 0 Å². The first kappa shape index (κ1) is 9.96. The summed E-state index contributed by atoms with van der Waals surface area (Å²) in [4.78, 5) is 3.96. The summed E-state index contributed by atoms with van der Waals surface area (Å²) in [6.07, 6.45) is 0. The molecular weight excluding hydrogens is 182 g/mol. The van der Waals surface area contributed by atoms with Crippen molar-refractivity contribution in [2.75, 3.05) is 12.3 Å². The summed E-state index contributed by atoms with van der Waals surface area (Å²) >= 11 is 1.72. The van der Waals surface area contributed by atoms with Gasteiger partial charge < -0.3 is 0 Å². The van der Waals surface area contributed by atoms with Gasteiger partial charge in [0.05, 0.1) is 0 Å². The smallest absolute Gasteiger partial charge is 0.0352 e. The van der Waals surface area contributed by atoms with Crippen LogP contribution in [0.1, 0.15) is 5.56 Å². The van der Waals surface area contributed by atoms with Crippen molar-refractivity contribution in [3.8, 4) is 0 Å². The van der Waals surface area contributed by atoms with Gasteiger partial charge in [0, 0.05) is 22.1 Å². The Morgan fingerprint density at radius 3 is 2.92 bits per heavy atom. The maximum absolute atomic E-state index is 8.07. The SMILES string of the molecule is Cc1ccccc1SCCN=[N+]=[N-]. The second-order valence-electron chi connectivity index (χ2n) is 2.57. The monoisotopic (exact) mass is 193 g/mol. The molecule has 0 N–H and O–H groups in total. The van der Waals surface area contributed by atoms with Crippen LogP contribution in [-0.4, -0.2) is 12.3 Å². The van der Waals surface area contributed by atoms with Gasteiger partial charge >= 0.3 is 0 Å². The molecule has 0 saturated carbocycles. The van der Waals surface area contributed by atoms with E-state index in [0.717, 1.165) is 5.75 Å². The van der Waals surface area contributed by atoms with E-state index in [1.165, 1.54) is 10.5 Å². The molecule has 0 fully saturated rings. The number of hydrogen-bond acceptors (Lipinski definition) is 2. The number of azide groups is 1. The Morgan fingerprint density at radius 1 is 1.46 bits per heavy atom. The fraction of sp³-hybridized carbons (Fsp3) is 0.333. The summed E-state index contributed by atoms with van der Waals surface area (Å²) in [5, 5.41) is 3.48. The number of aryl methyl sites for hydroxylation is 1. The molecule has 0 aliphatic heterocycles. The van der Waals surface area contributed by atoms with Crippen LogP contribution in [0.5, 0.6) is 0 Å². The summed E-state index contributed by atoms with van der Waals surface area (Å²) < 4.78 is 0. The predicted octanol–water partition coefficient (Wildman–Crippen LogP) is 3.40. The van der Waals surface area contributed by atoms with Gasteiger partial charge in [-0.3, -0.25) is 0 Å². The Bertz CT molecular complexity index is 318. The summed E-state index contributed by atoms with van der Waals surface area (Å²) in [6.45, 7) is 2.63. The molecule has 1 aromatic carbocycles. The van der Waals surface area contributed by atoms with Gasteiger partial charge in [-0.1, -0.05) is 23.3 Å². The van der Waals surface area contributed by atoms with E-state index in [4.69, 9.17) is 5.53 Å². The van der Waals surface area contributed by atoms with Crippen molar-refractivity contribution in [3.63, 3.8) is 0 Å². The van der Waals surface area contributed by atoms with Crippen LogP contribution in [0.15, 0.2) is 34.3 Å². The van der Waals surface area contributed by atoms with Crippen molar-refractivity contribution >= 4 is 11.8 Å². The minimum Gasteiger partial charge on any atom is -0.126 e. The van der Waals surface area contributed by atoms with Crippen LogP contribution in [0.25, 0.3) is 10.4 Å². The molecule has 0 amide bonds. The van der Waals surface area contributed by atoms with E-state index in [9.17, 15) is 0 Å². The van der Waals surface area contributed by atoms with Crippen molar-refractivity contribution in [3.05, 3.63) is 40.3 Å². The molecule has 0 unspecified atom stereocenters. The van der Waals surface area contributed by atoms with Crippen LogP contribution in [0, 0.1) is 6.92 Å². The van der Waals surface area contributed by atoms with Crippen LogP contribution in [-0.2, 0) is 0 Å². The van der Waals surface area contributed by atoms with Gasteiger partial charge in [-0.05, 0) is 24.1 Å². The predicted molar refractivity (Wildman–Crippen MR) is 55.9 cm³/mol. The van der Waals surface area contributed by atoms with Gasteiger partial charge in [-0.2, -0.15) is 0 Å². The first-order valence-corrected chi connectivity index (χ1v) is 5.02. The van der Waals surface area contributed by atoms with Crippen molar-refractivity contribution in [2.24, 2.45) is 5.11 Å². The van der Waals surface area contributed by atoms with Gasteiger partial charge in [0.1, 0.15) is 0 Å². The highest BCUT2D eigenvalue weighted by Gasteiger charge is 1.95. The standard InChI is InChI=1S/C9H11N3S/c1-8-4-2-3-5-9(8)13-7-6-11-12-10/h2-5H,6-7H2,1H3. The van der Waals surface area contributed by atoms with Crippen LogP contribution in [0.3, 0.4) is 0 Å². The lowest BCUT2D eigenvalue weighted by Crippen LogP contribution is -1.85. The minimum absolute atomic E-state index is 0.551. The molecule has 13 heavy (non-hydrogen) atoms. The van der Waals surface area contributed by atoms with Crippen molar-refractivity contribution in [2.45, 2.75) is 11.8 Å². The first-order chi connectivity index (χ1) is 6.34. The zero-order valence-corrected chi connectivity index (χ0v) is 8.29. The van der Waals surface area contributed by atoms with E-state index in [0.29, 0.717) is 6.54 Å². The highest BCUT2D eigenvalue weighted by atomic mass is 32.2. The molecule has 0 heterocycles. The highest BCUT2D eigenvalue weighted by Crippen LogP contribution is 2.21. The van der Waals surface area contributed by atoms with E-state index in [-0.39, 0.29) is 0 Å². The highest BCUT2D eigenvalue weighted by molar-refractivity contribution is 7.99. The molecule has 1 rings (SSSR count). The Kier molecular flexibility index (Phi) is 4.23. The normalized spacial score (nSPS) is 9.31. The molecule has 0 atom stereocenters. The molecule has 1 aromatic rings. The third-order valence-corrected chi connectivity index (χ3v) is 2.76. The first-order valence-electron chi connectivity index (χ1n) is 4.04. The second kappa shape index (κ2) is 5.51. The largest absolute Gasteiger partial charge is 0.126 e. The molecule has 0 spiro atoms. The summed E-state index contributed by atoms with van der Waals surface area (Å²) in [7, 11) is 0. The Hall–Kier alpha value is -1.12. The van der Waals surface area contributed by atoms with Gasteiger partial charge in [-0.15, -0.1) is 11.8 Å². The van der Waals surface area contributed by atoms with Crippen molar-refractivity contribution in [1.82, 2.24) is 0 Å². The average Bonchev–Trinajstić information content (AvgIpc) is 2.15. The molecule has 0 aromatic heterocycles. The number of nitrogens with zero attached hydrogens (tertiary/aromatic N) is 3. The van der Waals surface area contributed by atoms with E-state index in [1.54, 1.807) is 11.8 Å². The van der Waals surface area contributed by atoms with Crippen molar-refractivity contribution < 1.29 is 0 Å². The van der Waals surface area contributed by atoms with Gasteiger partial charge in [0.2, 0.25) is 0 Å². The van der Waals surface area contributed by atoms with E-state index < -0.39 is 0 Å². The molecule has 0 aliphatic carbocycles.